The molecule has 0 saturated carbocycles. The number of esters is 1. The molecular formula is C34H50N4O7. The Morgan fingerprint density at radius 1 is 0.667 bits per heavy atom. The summed E-state index contributed by atoms with van der Waals surface area (Å²) in [6.45, 7) is 7.23. The molecule has 0 fully saturated rings. The lowest BCUT2D eigenvalue weighted by Crippen LogP contribution is -2.58. The molecule has 0 radical (unpaired) electrons. The number of rotatable bonds is 16. The number of nitrogens with two attached hydrogens (primary N) is 1. The molecule has 3 amide bonds. The average Bonchev–Trinajstić information content (AvgIpc) is 2.98. The van der Waals surface area contributed by atoms with E-state index in [0.29, 0.717) is 17.9 Å². The van der Waals surface area contributed by atoms with Gasteiger partial charge in [-0.25, -0.2) is 0 Å². The zero-order valence-electron chi connectivity index (χ0n) is 28.3. The fourth-order valence-corrected chi connectivity index (χ4v) is 5.41. The highest BCUT2D eigenvalue weighted by molar-refractivity contribution is 5.93. The molecule has 0 aromatic heterocycles. The number of ether oxygens (including phenoxy) is 3. The molecule has 11 heteroatoms. The van der Waals surface area contributed by atoms with E-state index in [1.807, 2.05) is 38.1 Å². The lowest BCUT2D eigenvalue weighted by molar-refractivity contribution is -0.166. The van der Waals surface area contributed by atoms with E-state index in [9.17, 15) is 19.2 Å². The minimum atomic E-state index is -1.23. The van der Waals surface area contributed by atoms with Crippen LogP contribution in [0.5, 0.6) is 11.5 Å². The number of hydrogen-bond acceptors (Lipinski definition) is 8. The first-order valence-corrected chi connectivity index (χ1v) is 15.1. The standard InChI is InChI=1S/C34H50N4O7/c1-21(2)29(31(35)39)37(7)33(41)30(22(3)4)38(8)32(40)28(20-24-13-17-26(44-10)18-14-24)45-34(42)27(36(5)6)19-23-11-15-25(43-9)16-12-23/h11-18,21-22,27-30H,19-20H2,1-10H3,(H2,35,39)/t27-,28-,29-,30-/m0/s1. The number of carbonyl (C=O) groups is 4. The van der Waals surface area contributed by atoms with Crippen LogP contribution in [0.1, 0.15) is 38.8 Å². The summed E-state index contributed by atoms with van der Waals surface area (Å²) in [5.41, 5.74) is 7.26. The normalized spacial score (nSPS) is 14.0. The predicted octanol–water partition coefficient (Wildman–Crippen LogP) is 2.78. The van der Waals surface area contributed by atoms with Crippen LogP contribution in [0.15, 0.2) is 48.5 Å². The number of methoxy groups -OCH3 is 2. The molecule has 4 atom stereocenters. The van der Waals surface area contributed by atoms with Gasteiger partial charge in [0.1, 0.15) is 29.6 Å². The van der Waals surface area contributed by atoms with Crippen molar-refractivity contribution in [2.45, 2.75) is 64.8 Å². The molecule has 0 heterocycles. The molecule has 0 aliphatic heterocycles. The third-order valence-electron chi connectivity index (χ3n) is 7.93. The highest BCUT2D eigenvalue weighted by Gasteiger charge is 2.40. The summed E-state index contributed by atoms with van der Waals surface area (Å²) >= 11 is 0. The molecule has 11 nitrogen and oxygen atoms in total. The highest BCUT2D eigenvalue weighted by Crippen LogP contribution is 2.22. The molecule has 2 aromatic carbocycles. The Balaban J connectivity index is 2.44. The van der Waals surface area contributed by atoms with Gasteiger partial charge in [-0.1, -0.05) is 52.0 Å². The van der Waals surface area contributed by atoms with E-state index in [4.69, 9.17) is 19.9 Å². The predicted molar refractivity (Wildman–Crippen MR) is 173 cm³/mol. The lowest BCUT2D eigenvalue weighted by Gasteiger charge is -2.38. The van der Waals surface area contributed by atoms with Gasteiger partial charge >= 0.3 is 5.97 Å². The van der Waals surface area contributed by atoms with Crippen LogP contribution < -0.4 is 15.2 Å². The number of benzene rings is 2. The number of likely N-dealkylation sites (N-methyl/N-ethyl adjacent to an activating group) is 3. The zero-order valence-corrected chi connectivity index (χ0v) is 28.3. The molecule has 45 heavy (non-hydrogen) atoms. The lowest BCUT2D eigenvalue weighted by atomic mass is 9.96. The molecule has 0 bridgehead atoms. The maximum absolute atomic E-state index is 14.2. The van der Waals surface area contributed by atoms with Gasteiger partial charge in [-0.2, -0.15) is 0 Å². The molecule has 2 rings (SSSR count). The van der Waals surface area contributed by atoms with Gasteiger partial charge in [0.25, 0.3) is 5.91 Å². The SMILES string of the molecule is COc1ccc(C[C@H](OC(=O)[C@H](Cc2ccc(OC)cc2)N(C)C)C(=O)N(C)[C@H](C(=O)N(C)[C@H](C(N)=O)C(C)C)C(C)C)cc1. The van der Waals surface area contributed by atoms with Gasteiger partial charge in [0.15, 0.2) is 6.10 Å². The topological polar surface area (TPSA) is 132 Å². The Bertz CT molecular complexity index is 1280. The van der Waals surface area contributed by atoms with Gasteiger partial charge in [-0.15, -0.1) is 0 Å². The van der Waals surface area contributed by atoms with E-state index < -0.39 is 47.9 Å². The van der Waals surface area contributed by atoms with Crippen molar-refractivity contribution in [2.75, 3.05) is 42.4 Å². The van der Waals surface area contributed by atoms with Crippen molar-refractivity contribution in [3.05, 3.63) is 59.7 Å². The van der Waals surface area contributed by atoms with E-state index in [1.165, 1.54) is 23.9 Å². The van der Waals surface area contributed by atoms with Gasteiger partial charge in [-0.3, -0.25) is 24.1 Å². The van der Waals surface area contributed by atoms with Crippen molar-refractivity contribution in [3.8, 4) is 11.5 Å². The highest BCUT2D eigenvalue weighted by atomic mass is 16.5. The average molecular weight is 627 g/mol. The van der Waals surface area contributed by atoms with E-state index in [0.717, 1.165) is 11.1 Å². The van der Waals surface area contributed by atoms with Gasteiger partial charge < -0.3 is 29.7 Å². The number of amides is 3. The first-order chi connectivity index (χ1) is 21.1. The second kappa shape index (κ2) is 16.8. The molecule has 0 aliphatic carbocycles. The van der Waals surface area contributed by atoms with E-state index in [1.54, 1.807) is 71.3 Å². The van der Waals surface area contributed by atoms with Crippen molar-refractivity contribution >= 4 is 23.7 Å². The van der Waals surface area contributed by atoms with Crippen molar-refractivity contribution in [1.82, 2.24) is 14.7 Å². The number of nitrogens with zero attached hydrogens (tertiary/aromatic N) is 3. The summed E-state index contributed by atoms with van der Waals surface area (Å²) in [6, 6.07) is 12.0. The fraction of sp³-hybridized carbons (Fsp3) is 0.529. The van der Waals surface area contributed by atoms with Crippen LogP contribution in [-0.2, 0) is 36.8 Å². The van der Waals surface area contributed by atoms with Crippen LogP contribution in [0.25, 0.3) is 0 Å². The summed E-state index contributed by atoms with van der Waals surface area (Å²) in [7, 11) is 9.72. The fourth-order valence-electron chi connectivity index (χ4n) is 5.41. The molecule has 0 aliphatic rings. The summed E-state index contributed by atoms with van der Waals surface area (Å²) in [5, 5.41) is 0. The van der Waals surface area contributed by atoms with E-state index in [2.05, 4.69) is 0 Å². The summed E-state index contributed by atoms with van der Waals surface area (Å²) in [5.74, 6) is -1.39. The molecule has 248 valence electrons. The second-order valence-electron chi connectivity index (χ2n) is 12.2. The largest absolute Gasteiger partial charge is 0.497 e. The van der Waals surface area contributed by atoms with Crippen molar-refractivity contribution < 1.29 is 33.4 Å². The first kappa shape index (κ1) is 37.1. The van der Waals surface area contributed by atoms with Crippen LogP contribution in [0, 0.1) is 11.8 Å². The van der Waals surface area contributed by atoms with Crippen LogP contribution in [0.2, 0.25) is 0 Å². The molecular weight excluding hydrogens is 576 g/mol. The Morgan fingerprint density at radius 2 is 1.09 bits per heavy atom. The first-order valence-electron chi connectivity index (χ1n) is 15.1. The third kappa shape index (κ3) is 9.94. The van der Waals surface area contributed by atoms with Crippen LogP contribution in [-0.4, -0.2) is 105 Å². The smallest absolute Gasteiger partial charge is 0.324 e. The summed E-state index contributed by atoms with van der Waals surface area (Å²) in [4.78, 5) is 58.3. The zero-order chi connectivity index (χ0) is 34.0. The Labute approximate surface area is 267 Å². The van der Waals surface area contributed by atoms with Crippen LogP contribution in [0.3, 0.4) is 0 Å². The van der Waals surface area contributed by atoms with Crippen molar-refractivity contribution in [1.29, 1.82) is 0 Å². The van der Waals surface area contributed by atoms with E-state index >= 15 is 0 Å². The maximum atomic E-state index is 14.2. The van der Waals surface area contributed by atoms with Gasteiger partial charge in [0, 0.05) is 20.5 Å². The third-order valence-corrected chi connectivity index (χ3v) is 7.93. The number of primary amides is 1. The Morgan fingerprint density at radius 3 is 1.47 bits per heavy atom. The van der Waals surface area contributed by atoms with Crippen molar-refractivity contribution in [2.24, 2.45) is 17.6 Å². The molecule has 0 spiro atoms. The van der Waals surface area contributed by atoms with Gasteiger partial charge in [0.05, 0.1) is 14.2 Å². The second-order valence-corrected chi connectivity index (χ2v) is 12.2. The van der Waals surface area contributed by atoms with Crippen molar-refractivity contribution in [3.63, 3.8) is 0 Å². The maximum Gasteiger partial charge on any atom is 0.324 e. The van der Waals surface area contributed by atoms with E-state index in [-0.39, 0.29) is 18.3 Å². The minimum absolute atomic E-state index is 0.0757. The van der Waals surface area contributed by atoms with Gasteiger partial charge in [-0.05, 0) is 67.7 Å². The summed E-state index contributed by atoms with van der Waals surface area (Å²) in [6.07, 6.45) is -0.811. The van der Waals surface area contributed by atoms with Crippen LogP contribution in [0.4, 0.5) is 0 Å². The quantitative estimate of drug-likeness (QED) is 0.282. The molecule has 2 N–H and O–H groups in total. The molecule has 0 unspecified atom stereocenters. The molecule has 0 saturated heterocycles. The monoisotopic (exact) mass is 626 g/mol. The summed E-state index contributed by atoms with van der Waals surface area (Å²) < 4.78 is 16.5. The Kier molecular flexibility index (Phi) is 13.8. The Hall–Kier alpha value is -4.12. The number of hydrogen-bond donors (Lipinski definition) is 1. The van der Waals surface area contributed by atoms with Gasteiger partial charge in [0.2, 0.25) is 11.8 Å². The number of carbonyl (C=O) groups excluding carboxylic acids is 4. The minimum Gasteiger partial charge on any atom is -0.497 e. The van der Waals surface area contributed by atoms with Crippen LogP contribution >= 0.6 is 0 Å². The molecule has 2 aromatic rings.